The molecule has 8 heteroatoms. The van der Waals surface area contributed by atoms with E-state index in [1.165, 1.54) is 6.20 Å². The lowest BCUT2D eigenvalue weighted by molar-refractivity contribution is 0.0694. The summed E-state index contributed by atoms with van der Waals surface area (Å²) < 4.78 is 1.81. The van der Waals surface area contributed by atoms with Crippen molar-refractivity contribution in [3.05, 3.63) is 214 Å². The molecule has 8 bridgehead atoms. The van der Waals surface area contributed by atoms with Gasteiger partial charge in [0.15, 0.2) is 0 Å². The molecular weight excluding hydrogens is 791 g/mol. The number of nitrogens with zero attached hydrogens (tertiary/aromatic N) is 3. The van der Waals surface area contributed by atoms with Crippen LogP contribution in [0.25, 0.3) is 101 Å². The maximum absolute atomic E-state index is 13.9. The number of pyridine rings is 1. The molecule has 0 saturated heterocycles. The van der Waals surface area contributed by atoms with E-state index in [4.69, 9.17) is 9.97 Å². The van der Waals surface area contributed by atoms with Crippen molar-refractivity contribution in [1.29, 1.82) is 0 Å². The Morgan fingerprint density at radius 2 is 1.00 bits per heavy atom. The predicted octanol–water partition coefficient (Wildman–Crippen LogP) is 12.8. The monoisotopic (exact) mass is 829 g/mol. The standard InChI is InChI=1S/C56H39N5O3/c1-2-61-33-41(56(63)64)55(62)40-31-38(23-30-49(40)61)39-32-48-52(36-19-11-5-12-20-36)46-27-26-44(58-46)50(34-15-7-3-8-16-34)42-24-25-43(57-42)51(35-17-9-4-10-18-35)45-28-29-47(59-45)53(54(39)60-48)37-21-13-6-14-22-37/h3-33,58-59H,2H2,1H3,(H,63,64). The third kappa shape index (κ3) is 6.56. The molecule has 5 aromatic carbocycles. The number of carboxylic acid groups (broad SMARTS) is 1. The molecule has 306 valence electrons. The van der Waals surface area contributed by atoms with Gasteiger partial charge in [0.25, 0.3) is 0 Å². The first kappa shape index (κ1) is 38.3. The Morgan fingerprint density at radius 1 is 0.547 bits per heavy atom. The van der Waals surface area contributed by atoms with Gasteiger partial charge in [-0.25, -0.2) is 14.8 Å². The van der Waals surface area contributed by atoms with Gasteiger partial charge in [-0.05, 0) is 89.4 Å². The highest BCUT2D eigenvalue weighted by Gasteiger charge is 2.25. The van der Waals surface area contributed by atoms with Crippen LogP contribution in [-0.2, 0) is 6.54 Å². The molecule has 0 spiro atoms. The fourth-order valence-electron chi connectivity index (χ4n) is 9.11. The SMILES string of the molecule is CCn1cc(C(=O)O)c(=O)c2cc(C3=Cc4nc3c(-c3ccccc3)c3ccc([nH]3)c(-c3ccccc3)c3nc(c(-c5ccccc5)c5ccc([nH]5)c4-c4ccccc4)C=C3)ccc21. The fourth-order valence-corrected chi connectivity index (χ4v) is 9.11. The molecule has 0 unspecified atom stereocenters. The molecular formula is C56H39N5O3. The van der Waals surface area contributed by atoms with Crippen LogP contribution < -0.4 is 5.43 Å². The number of aromatic nitrogens is 5. The van der Waals surface area contributed by atoms with E-state index in [0.717, 1.165) is 89.1 Å². The van der Waals surface area contributed by atoms with Crippen molar-refractivity contribution in [2.24, 2.45) is 0 Å². The molecule has 6 heterocycles. The number of aromatic carboxylic acids is 1. The maximum Gasteiger partial charge on any atom is 0.341 e. The molecule has 0 fully saturated rings. The van der Waals surface area contributed by atoms with Crippen LogP contribution in [0.1, 0.15) is 45.6 Å². The number of hydrogen-bond donors (Lipinski definition) is 3. The number of carbonyl (C=O) groups is 1. The Kier molecular flexibility index (Phi) is 9.39. The van der Waals surface area contributed by atoms with Gasteiger partial charge in [0.2, 0.25) is 5.43 Å². The lowest BCUT2D eigenvalue weighted by Gasteiger charge is -2.13. The summed E-state index contributed by atoms with van der Waals surface area (Å²) in [5, 5.41) is 10.4. The molecule has 0 amide bonds. The van der Waals surface area contributed by atoms with Crippen LogP contribution in [0.3, 0.4) is 0 Å². The Morgan fingerprint density at radius 3 is 1.47 bits per heavy atom. The van der Waals surface area contributed by atoms with Gasteiger partial charge in [0.05, 0.1) is 28.3 Å². The number of aryl methyl sites for hydroxylation is 1. The highest BCUT2D eigenvalue weighted by molar-refractivity contribution is 6.06. The summed E-state index contributed by atoms with van der Waals surface area (Å²) in [5.74, 6) is -1.26. The van der Waals surface area contributed by atoms with Crippen LogP contribution in [0.4, 0.5) is 0 Å². The Balaban J connectivity index is 1.34. The van der Waals surface area contributed by atoms with Gasteiger partial charge in [-0.3, -0.25) is 4.79 Å². The number of carboxylic acids is 1. The van der Waals surface area contributed by atoms with Crippen molar-refractivity contribution in [1.82, 2.24) is 24.5 Å². The number of benzene rings is 5. The molecule has 0 atom stereocenters. The Hall–Kier alpha value is -8.62. The summed E-state index contributed by atoms with van der Waals surface area (Å²) >= 11 is 0. The first-order valence-corrected chi connectivity index (χ1v) is 21.3. The van der Waals surface area contributed by atoms with Crippen LogP contribution in [-0.4, -0.2) is 35.6 Å². The van der Waals surface area contributed by atoms with E-state index in [0.29, 0.717) is 28.8 Å². The molecule has 64 heavy (non-hydrogen) atoms. The van der Waals surface area contributed by atoms with Crippen molar-refractivity contribution in [3.8, 4) is 44.5 Å². The topological polar surface area (TPSA) is 117 Å². The zero-order chi connectivity index (χ0) is 43.3. The molecule has 11 rings (SSSR count). The summed E-state index contributed by atoms with van der Waals surface area (Å²) in [4.78, 5) is 45.0. The number of rotatable bonds is 7. The Labute approximate surface area is 367 Å². The zero-order valence-corrected chi connectivity index (χ0v) is 34.7. The summed E-state index contributed by atoms with van der Waals surface area (Å²) in [6.07, 6.45) is 7.72. The van der Waals surface area contributed by atoms with Gasteiger partial charge in [-0.15, -0.1) is 0 Å². The van der Waals surface area contributed by atoms with E-state index in [1.54, 1.807) is 0 Å². The van der Waals surface area contributed by atoms with Crippen LogP contribution in [0.15, 0.2) is 175 Å². The third-order valence-corrected chi connectivity index (χ3v) is 12.1. The van der Waals surface area contributed by atoms with Crippen molar-refractivity contribution < 1.29 is 9.90 Å². The molecule has 0 aliphatic carbocycles. The van der Waals surface area contributed by atoms with Crippen LogP contribution in [0.2, 0.25) is 0 Å². The Bertz CT molecular complexity index is 3620. The minimum Gasteiger partial charge on any atom is -0.477 e. The molecule has 9 aromatic rings. The molecule has 3 N–H and O–H groups in total. The highest BCUT2D eigenvalue weighted by Crippen LogP contribution is 2.42. The van der Waals surface area contributed by atoms with Gasteiger partial charge in [-0.1, -0.05) is 127 Å². The lowest BCUT2D eigenvalue weighted by Crippen LogP contribution is -2.18. The van der Waals surface area contributed by atoms with E-state index < -0.39 is 11.4 Å². The molecule has 0 radical (unpaired) electrons. The molecule has 0 saturated carbocycles. The van der Waals surface area contributed by atoms with Crippen molar-refractivity contribution in [2.45, 2.75) is 13.5 Å². The smallest absolute Gasteiger partial charge is 0.341 e. The van der Waals surface area contributed by atoms with Gasteiger partial charge in [0, 0.05) is 68.0 Å². The van der Waals surface area contributed by atoms with Gasteiger partial charge in [-0.2, -0.15) is 0 Å². The number of hydrogen-bond acceptors (Lipinski definition) is 4. The zero-order valence-electron chi connectivity index (χ0n) is 34.7. The third-order valence-electron chi connectivity index (χ3n) is 12.1. The van der Waals surface area contributed by atoms with Gasteiger partial charge >= 0.3 is 5.97 Å². The van der Waals surface area contributed by atoms with Crippen LogP contribution >= 0.6 is 0 Å². The average molecular weight is 830 g/mol. The predicted molar refractivity (Wildman–Crippen MR) is 259 cm³/mol. The van der Waals surface area contributed by atoms with Crippen molar-refractivity contribution in [2.75, 3.05) is 0 Å². The van der Waals surface area contributed by atoms with E-state index in [-0.39, 0.29) is 5.56 Å². The van der Waals surface area contributed by atoms with Crippen LogP contribution in [0, 0.1) is 0 Å². The fraction of sp³-hybridized carbons (Fsp3) is 0.0357. The average Bonchev–Trinajstić information content (AvgIpc) is 4.18. The molecule has 2 aliphatic heterocycles. The maximum atomic E-state index is 13.9. The lowest BCUT2D eigenvalue weighted by atomic mass is 9.94. The quantitative estimate of drug-likeness (QED) is 0.148. The first-order chi connectivity index (χ1) is 31.4. The van der Waals surface area contributed by atoms with Gasteiger partial charge in [0.1, 0.15) is 5.56 Å². The number of aromatic amines is 2. The minimum absolute atomic E-state index is 0.272. The molecule has 8 nitrogen and oxygen atoms in total. The largest absolute Gasteiger partial charge is 0.477 e. The second-order valence-corrected chi connectivity index (χ2v) is 15.8. The van der Waals surface area contributed by atoms with E-state index in [1.807, 2.05) is 102 Å². The summed E-state index contributed by atoms with van der Waals surface area (Å²) in [6.45, 7) is 2.42. The number of nitrogens with one attached hydrogen (secondary N) is 2. The number of H-pyrrole nitrogens is 2. The molecule has 2 aliphatic rings. The van der Waals surface area contributed by atoms with Crippen molar-refractivity contribution >= 4 is 62.7 Å². The summed E-state index contributed by atoms with van der Waals surface area (Å²) in [5.41, 5.74) is 15.5. The summed E-state index contributed by atoms with van der Waals surface area (Å²) in [7, 11) is 0. The minimum atomic E-state index is -1.26. The second-order valence-electron chi connectivity index (χ2n) is 15.8. The number of fused-ring (bicyclic) bond motifs is 9. The van der Waals surface area contributed by atoms with Crippen molar-refractivity contribution in [3.63, 3.8) is 0 Å². The first-order valence-electron chi connectivity index (χ1n) is 21.3. The van der Waals surface area contributed by atoms with Crippen LogP contribution in [0.5, 0.6) is 0 Å². The molecule has 4 aromatic heterocycles. The van der Waals surface area contributed by atoms with E-state index in [2.05, 4.69) is 101 Å². The van der Waals surface area contributed by atoms with E-state index >= 15 is 0 Å². The summed E-state index contributed by atoms with van der Waals surface area (Å²) in [6, 6.07) is 55.2. The second kappa shape index (κ2) is 15.7. The van der Waals surface area contributed by atoms with E-state index in [9.17, 15) is 14.7 Å². The normalized spacial score (nSPS) is 12.1. The van der Waals surface area contributed by atoms with Gasteiger partial charge < -0.3 is 19.6 Å². The highest BCUT2D eigenvalue weighted by atomic mass is 16.4.